The van der Waals surface area contributed by atoms with E-state index in [2.05, 4.69) is 11.9 Å². The van der Waals surface area contributed by atoms with Gasteiger partial charge in [-0.2, -0.15) is 4.31 Å². The summed E-state index contributed by atoms with van der Waals surface area (Å²) < 4.78 is 27.3. The SMILES string of the molecule is CCCCN(C(C)CC)S(=O)(=O)c1sc(N)nc1C. The molecule has 0 saturated carbocycles. The van der Waals surface area contributed by atoms with Crippen molar-refractivity contribution in [1.29, 1.82) is 0 Å². The van der Waals surface area contributed by atoms with E-state index < -0.39 is 10.0 Å². The van der Waals surface area contributed by atoms with E-state index in [-0.39, 0.29) is 10.3 Å². The summed E-state index contributed by atoms with van der Waals surface area (Å²) in [6.45, 7) is 8.22. The van der Waals surface area contributed by atoms with Gasteiger partial charge in [0.2, 0.25) is 0 Å². The van der Waals surface area contributed by atoms with Crippen LogP contribution < -0.4 is 5.73 Å². The highest BCUT2D eigenvalue weighted by Crippen LogP contribution is 2.29. The summed E-state index contributed by atoms with van der Waals surface area (Å²) in [5.41, 5.74) is 6.10. The van der Waals surface area contributed by atoms with Gasteiger partial charge in [0.05, 0.1) is 5.69 Å². The van der Waals surface area contributed by atoms with Crippen molar-refractivity contribution in [1.82, 2.24) is 9.29 Å². The lowest BCUT2D eigenvalue weighted by Crippen LogP contribution is -2.38. The number of nitrogen functional groups attached to an aromatic ring is 1. The summed E-state index contributed by atoms with van der Waals surface area (Å²) in [4.78, 5) is 4.02. The normalized spacial score (nSPS) is 13.9. The molecule has 0 aromatic carbocycles. The minimum atomic E-state index is -3.49. The molecule has 1 aromatic heterocycles. The monoisotopic (exact) mass is 305 g/mol. The summed E-state index contributed by atoms with van der Waals surface area (Å²) in [6, 6.07) is -0.0146. The molecule has 19 heavy (non-hydrogen) atoms. The van der Waals surface area contributed by atoms with Gasteiger partial charge in [0.25, 0.3) is 10.0 Å². The van der Waals surface area contributed by atoms with E-state index in [1.807, 2.05) is 13.8 Å². The van der Waals surface area contributed by atoms with Crippen molar-refractivity contribution in [2.24, 2.45) is 0 Å². The van der Waals surface area contributed by atoms with Crippen LogP contribution in [0.4, 0.5) is 5.13 Å². The molecule has 7 heteroatoms. The fourth-order valence-corrected chi connectivity index (χ4v) is 5.00. The second-order valence-corrected chi connectivity index (χ2v) is 7.77. The Morgan fingerprint density at radius 3 is 2.47 bits per heavy atom. The quantitative estimate of drug-likeness (QED) is 0.840. The lowest BCUT2D eigenvalue weighted by atomic mass is 10.2. The highest BCUT2D eigenvalue weighted by atomic mass is 32.2. The number of unbranched alkanes of at least 4 members (excludes halogenated alkanes) is 1. The van der Waals surface area contributed by atoms with Gasteiger partial charge in [-0.1, -0.05) is 31.6 Å². The van der Waals surface area contributed by atoms with Gasteiger partial charge in [-0.05, 0) is 26.7 Å². The molecule has 0 radical (unpaired) electrons. The first kappa shape index (κ1) is 16.4. The second-order valence-electron chi connectivity index (χ2n) is 4.65. The van der Waals surface area contributed by atoms with E-state index in [1.165, 1.54) is 0 Å². The highest BCUT2D eigenvalue weighted by Gasteiger charge is 2.31. The van der Waals surface area contributed by atoms with Gasteiger partial charge in [-0.15, -0.1) is 0 Å². The van der Waals surface area contributed by atoms with Gasteiger partial charge in [0, 0.05) is 12.6 Å². The van der Waals surface area contributed by atoms with Crippen molar-refractivity contribution in [2.75, 3.05) is 12.3 Å². The van der Waals surface area contributed by atoms with Gasteiger partial charge in [0.1, 0.15) is 0 Å². The van der Waals surface area contributed by atoms with E-state index in [0.717, 1.165) is 30.6 Å². The fraction of sp³-hybridized carbons (Fsp3) is 0.750. The van der Waals surface area contributed by atoms with Crippen molar-refractivity contribution in [3.8, 4) is 0 Å². The maximum absolute atomic E-state index is 12.7. The zero-order chi connectivity index (χ0) is 14.6. The molecule has 0 amide bonds. The van der Waals surface area contributed by atoms with Gasteiger partial charge in [-0.3, -0.25) is 0 Å². The maximum Gasteiger partial charge on any atom is 0.254 e. The summed E-state index contributed by atoms with van der Waals surface area (Å²) in [5, 5.41) is 0.302. The van der Waals surface area contributed by atoms with Crippen molar-refractivity contribution in [3.05, 3.63) is 5.69 Å². The molecule has 0 saturated heterocycles. The molecule has 1 atom stereocenters. The van der Waals surface area contributed by atoms with Gasteiger partial charge in [0.15, 0.2) is 9.34 Å². The Morgan fingerprint density at radius 2 is 2.05 bits per heavy atom. The molecule has 0 aliphatic rings. The molecule has 5 nitrogen and oxygen atoms in total. The van der Waals surface area contributed by atoms with E-state index in [0.29, 0.717) is 17.4 Å². The van der Waals surface area contributed by atoms with Gasteiger partial charge < -0.3 is 5.73 Å². The third kappa shape index (κ3) is 3.67. The summed E-state index contributed by atoms with van der Waals surface area (Å²) >= 11 is 1.05. The predicted octanol–water partition coefficient (Wildman–Crippen LogP) is 2.62. The Labute approximate surface area is 119 Å². The summed E-state index contributed by atoms with van der Waals surface area (Å²) in [7, 11) is -3.49. The molecule has 0 fully saturated rings. The van der Waals surface area contributed by atoms with Crippen LogP contribution in [-0.4, -0.2) is 30.3 Å². The average Bonchev–Trinajstić information content (AvgIpc) is 2.69. The van der Waals surface area contributed by atoms with Crippen molar-refractivity contribution >= 4 is 26.5 Å². The smallest absolute Gasteiger partial charge is 0.254 e. The number of rotatable bonds is 7. The van der Waals surface area contributed by atoms with E-state index in [4.69, 9.17) is 5.73 Å². The molecule has 0 aliphatic carbocycles. The van der Waals surface area contributed by atoms with Crippen molar-refractivity contribution in [3.63, 3.8) is 0 Å². The van der Waals surface area contributed by atoms with Gasteiger partial charge >= 0.3 is 0 Å². The first-order valence-electron chi connectivity index (χ1n) is 6.59. The fourth-order valence-electron chi connectivity index (χ4n) is 1.84. The van der Waals surface area contributed by atoms with Crippen LogP contribution in [0.5, 0.6) is 0 Å². The molecule has 1 aromatic rings. The number of nitrogens with two attached hydrogens (primary N) is 1. The van der Waals surface area contributed by atoms with E-state index in [1.54, 1.807) is 11.2 Å². The topological polar surface area (TPSA) is 76.3 Å². The number of hydrogen-bond donors (Lipinski definition) is 1. The third-order valence-electron chi connectivity index (χ3n) is 3.13. The second kappa shape index (κ2) is 6.67. The Kier molecular flexibility index (Phi) is 5.76. The number of aryl methyl sites for hydroxylation is 1. The highest BCUT2D eigenvalue weighted by molar-refractivity contribution is 7.91. The number of nitrogens with zero attached hydrogens (tertiary/aromatic N) is 2. The third-order valence-corrected chi connectivity index (χ3v) is 6.72. The Morgan fingerprint density at radius 1 is 1.42 bits per heavy atom. The molecule has 2 N–H and O–H groups in total. The standard InChI is InChI=1S/C12H23N3O2S2/c1-5-7-8-15(9(3)6-2)19(16,17)11-10(4)14-12(13)18-11/h9H,5-8H2,1-4H3,(H2,13,14). The van der Waals surface area contributed by atoms with Gasteiger partial charge in [-0.25, -0.2) is 13.4 Å². The number of aromatic nitrogens is 1. The van der Waals surface area contributed by atoms with E-state index >= 15 is 0 Å². The molecular weight excluding hydrogens is 282 g/mol. The molecule has 0 bridgehead atoms. The van der Waals surface area contributed by atoms with Crippen molar-refractivity contribution < 1.29 is 8.42 Å². The molecule has 1 rings (SSSR count). The Balaban J connectivity index is 3.15. The number of hydrogen-bond acceptors (Lipinski definition) is 5. The maximum atomic E-state index is 12.7. The van der Waals surface area contributed by atoms with Crippen molar-refractivity contribution in [2.45, 2.75) is 57.2 Å². The van der Waals surface area contributed by atoms with Crippen LogP contribution in [0.1, 0.15) is 45.7 Å². The number of anilines is 1. The first-order valence-corrected chi connectivity index (χ1v) is 8.84. The van der Waals surface area contributed by atoms with Crippen LogP contribution in [0.2, 0.25) is 0 Å². The van der Waals surface area contributed by atoms with E-state index in [9.17, 15) is 8.42 Å². The summed E-state index contributed by atoms with van der Waals surface area (Å²) in [5.74, 6) is 0. The minimum absolute atomic E-state index is 0.0146. The largest absolute Gasteiger partial charge is 0.375 e. The molecule has 110 valence electrons. The minimum Gasteiger partial charge on any atom is -0.375 e. The molecule has 0 spiro atoms. The number of sulfonamides is 1. The first-order chi connectivity index (χ1) is 8.84. The molecule has 0 aliphatic heterocycles. The zero-order valence-corrected chi connectivity index (χ0v) is 13.6. The van der Waals surface area contributed by atoms with Crippen LogP contribution in [0.15, 0.2) is 4.21 Å². The Hall–Kier alpha value is -0.660. The predicted molar refractivity (Wildman–Crippen MR) is 79.8 cm³/mol. The number of thiazole rings is 1. The average molecular weight is 305 g/mol. The Bertz CT molecular complexity index is 511. The molecular formula is C12H23N3O2S2. The zero-order valence-electron chi connectivity index (χ0n) is 12.0. The van der Waals surface area contributed by atoms with Crippen LogP contribution in [-0.2, 0) is 10.0 Å². The van der Waals surface area contributed by atoms with Crippen LogP contribution in [0, 0.1) is 6.92 Å². The van der Waals surface area contributed by atoms with Crippen LogP contribution in [0.3, 0.4) is 0 Å². The molecule has 1 unspecified atom stereocenters. The molecule has 1 heterocycles. The lowest BCUT2D eigenvalue weighted by molar-refractivity contribution is 0.325. The van der Waals surface area contributed by atoms with Crippen LogP contribution in [0.25, 0.3) is 0 Å². The summed E-state index contributed by atoms with van der Waals surface area (Å²) in [6.07, 6.45) is 2.61. The van der Waals surface area contributed by atoms with Crippen LogP contribution >= 0.6 is 11.3 Å². The lowest BCUT2D eigenvalue weighted by Gasteiger charge is -2.27.